The molecule has 0 bridgehead atoms. The molecular weight excluding hydrogens is 272 g/mol. The number of amides is 1. The summed E-state index contributed by atoms with van der Waals surface area (Å²) in [5.74, 6) is -1.94. The highest BCUT2D eigenvalue weighted by atomic mass is 32.1. The van der Waals surface area contributed by atoms with Gasteiger partial charge in [0.15, 0.2) is 0 Å². The number of carboxylic acids is 1. The average Bonchev–Trinajstić information content (AvgIpc) is 2.96. The van der Waals surface area contributed by atoms with Gasteiger partial charge in [0.1, 0.15) is 0 Å². The highest BCUT2D eigenvalue weighted by Gasteiger charge is 2.34. The lowest BCUT2D eigenvalue weighted by Gasteiger charge is -2.16. The molecule has 1 saturated carbocycles. The van der Waals surface area contributed by atoms with Crippen LogP contribution in [0.2, 0.25) is 0 Å². The highest BCUT2D eigenvalue weighted by molar-refractivity contribution is 7.17. The number of nitro groups is 1. The van der Waals surface area contributed by atoms with Gasteiger partial charge in [-0.2, -0.15) is 0 Å². The predicted octanol–water partition coefficient (Wildman–Crippen LogP) is 1.64. The molecular formula is C11H12N2O5S. The van der Waals surface area contributed by atoms with Gasteiger partial charge in [0.05, 0.1) is 15.7 Å². The fraction of sp³-hybridized carbons (Fsp3) is 0.455. The summed E-state index contributed by atoms with van der Waals surface area (Å²) in [5.41, 5.74) is 0. The Bertz CT molecular complexity index is 527. The normalized spacial score (nSPS) is 22.1. The molecule has 19 heavy (non-hydrogen) atoms. The van der Waals surface area contributed by atoms with Gasteiger partial charge in [0, 0.05) is 12.1 Å². The van der Waals surface area contributed by atoms with Gasteiger partial charge < -0.3 is 10.4 Å². The third-order valence-corrected chi connectivity index (χ3v) is 4.18. The molecule has 0 aromatic carbocycles. The van der Waals surface area contributed by atoms with Crippen LogP contribution in [-0.2, 0) is 4.79 Å². The number of carbonyl (C=O) groups is 2. The second-order valence-corrected chi connectivity index (χ2v) is 5.41. The van der Waals surface area contributed by atoms with Crippen LogP contribution in [0.15, 0.2) is 12.1 Å². The number of aliphatic carboxylic acids is 1. The Morgan fingerprint density at radius 3 is 2.74 bits per heavy atom. The Labute approximate surface area is 112 Å². The van der Waals surface area contributed by atoms with Gasteiger partial charge in [0.25, 0.3) is 5.91 Å². The standard InChI is InChI=1S/C11H12N2O5S/c14-10(8-4-5-9(19-8)13(17)18)12-7-3-1-2-6(7)11(15)16/h4-7H,1-3H2,(H,12,14)(H,15,16)/t6-,7+/m1/s1. The van der Waals surface area contributed by atoms with Crippen molar-refractivity contribution in [3.63, 3.8) is 0 Å². The maximum atomic E-state index is 11.9. The lowest BCUT2D eigenvalue weighted by atomic mass is 10.0. The first-order valence-corrected chi connectivity index (χ1v) is 6.58. The summed E-state index contributed by atoms with van der Waals surface area (Å²) < 4.78 is 0. The smallest absolute Gasteiger partial charge is 0.324 e. The monoisotopic (exact) mass is 284 g/mol. The zero-order valence-electron chi connectivity index (χ0n) is 9.87. The largest absolute Gasteiger partial charge is 0.481 e. The molecule has 1 aromatic heterocycles. The van der Waals surface area contributed by atoms with E-state index in [1.54, 1.807) is 0 Å². The predicted molar refractivity (Wildman–Crippen MR) is 67.2 cm³/mol. The molecule has 0 radical (unpaired) electrons. The maximum Gasteiger partial charge on any atom is 0.324 e. The van der Waals surface area contributed by atoms with E-state index in [9.17, 15) is 19.7 Å². The Hall–Kier alpha value is -1.96. The Balaban J connectivity index is 2.04. The SMILES string of the molecule is O=C(N[C@H]1CCC[C@H]1C(=O)O)c1ccc([N+](=O)[O-])s1. The summed E-state index contributed by atoms with van der Waals surface area (Å²) >= 11 is 0.784. The van der Waals surface area contributed by atoms with E-state index in [1.165, 1.54) is 12.1 Å². The summed E-state index contributed by atoms with van der Waals surface area (Å²) in [6.07, 6.45) is 1.92. The van der Waals surface area contributed by atoms with E-state index in [4.69, 9.17) is 5.11 Å². The van der Waals surface area contributed by atoms with Crippen LogP contribution < -0.4 is 5.32 Å². The molecule has 1 fully saturated rings. The van der Waals surface area contributed by atoms with Gasteiger partial charge in [0.2, 0.25) is 0 Å². The zero-order chi connectivity index (χ0) is 14.0. The lowest BCUT2D eigenvalue weighted by molar-refractivity contribution is -0.380. The molecule has 2 N–H and O–H groups in total. The molecule has 0 aliphatic heterocycles. The van der Waals surface area contributed by atoms with Crippen molar-refractivity contribution in [3.05, 3.63) is 27.1 Å². The van der Waals surface area contributed by atoms with Crippen molar-refractivity contribution >= 4 is 28.2 Å². The molecule has 8 heteroatoms. The first-order valence-electron chi connectivity index (χ1n) is 5.77. The molecule has 0 spiro atoms. The van der Waals surface area contributed by atoms with E-state index in [0.717, 1.165) is 17.8 Å². The Morgan fingerprint density at radius 1 is 1.42 bits per heavy atom. The van der Waals surface area contributed by atoms with Crippen LogP contribution in [0.3, 0.4) is 0 Å². The van der Waals surface area contributed by atoms with E-state index >= 15 is 0 Å². The quantitative estimate of drug-likeness (QED) is 0.645. The molecule has 1 heterocycles. The fourth-order valence-corrected chi connectivity index (χ4v) is 2.94. The lowest BCUT2D eigenvalue weighted by Crippen LogP contribution is -2.39. The van der Waals surface area contributed by atoms with Gasteiger partial charge in [-0.15, -0.1) is 0 Å². The molecule has 102 valence electrons. The van der Waals surface area contributed by atoms with Crippen LogP contribution in [0.4, 0.5) is 5.00 Å². The van der Waals surface area contributed by atoms with Crippen molar-refractivity contribution in [1.82, 2.24) is 5.32 Å². The molecule has 1 amide bonds. The Morgan fingerprint density at radius 2 is 2.16 bits per heavy atom. The first kappa shape index (κ1) is 13.5. The topological polar surface area (TPSA) is 110 Å². The third-order valence-electron chi connectivity index (χ3n) is 3.15. The second-order valence-electron chi connectivity index (χ2n) is 4.35. The number of nitrogens with zero attached hydrogens (tertiary/aromatic N) is 1. The average molecular weight is 284 g/mol. The number of carboxylic acid groups (broad SMARTS) is 1. The van der Waals surface area contributed by atoms with Crippen LogP contribution in [0.25, 0.3) is 0 Å². The van der Waals surface area contributed by atoms with Crippen LogP contribution in [0.5, 0.6) is 0 Å². The molecule has 0 saturated heterocycles. The van der Waals surface area contributed by atoms with Crippen LogP contribution in [0.1, 0.15) is 28.9 Å². The van der Waals surface area contributed by atoms with Crippen molar-refractivity contribution in [1.29, 1.82) is 0 Å². The minimum Gasteiger partial charge on any atom is -0.481 e. The molecule has 2 atom stereocenters. The number of rotatable bonds is 4. The number of thiophene rings is 1. The number of hydrogen-bond donors (Lipinski definition) is 2. The minimum absolute atomic E-state index is 0.105. The maximum absolute atomic E-state index is 11.9. The number of hydrogen-bond acceptors (Lipinski definition) is 5. The second kappa shape index (κ2) is 5.35. The van der Waals surface area contributed by atoms with E-state index < -0.39 is 28.8 Å². The minimum atomic E-state index is -0.917. The third kappa shape index (κ3) is 2.90. The van der Waals surface area contributed by atoms with Gasteiger partial charge in [-0.1, -0.05) is 17.8 Å². The van der Waals surface area contributed by atoms with E-state index in [-0.39, 0.29) is 9.88 Å². The summed E-state index contributed by atoms with van der Waals surface area (Å²) in [5, 5.41) is 22.1. The van der Waals surface area contributed by atoms with Crippen molar-refractivity contribution in [2.24, 2.45) is 5.92 Å². The van der Waals surface area contributed by atoms with Gasteiger partial charge >= 0.3 is 11.0 Å². The highest BCUT2D eigenvalue weighted by Crippen LogP contribution is 2.28. The van der Waals surface area contributed by atoms with Crippen LogP contribution >= 0.6 is 11.3 Å². The number of nitrogens with one attached hydrogen (secondary N) is 1. The first-order chi connectivity index (χ1) is 8.99. The van der Waals surface area contributed by atoms with Crippen LogP contribution in [-0.4, -0.2) is 27.9 Å². The molecule has 2 rings (SSSR count). The van der Waals surface area contributed by atoms with Crippen molar-refractivity contribution in [2.75, 3.05) is 0 Å². The van der Waals surface area contributed by atoms with Gasteiger partial charge in [-0.05, 0) is 18.9 Å². The molecule has 0 unspecified atom stereocenters. The number of carbonyl (C=O) groups excluding carboxylic acids is 1. The summed E-state index contributed by atoms with van der Waals surface area (Å²) in [6, 6.07) is 2.25. The van der Waals surface area contributed by atoms with Gasteiger partial charge in [-0.25, -0.2) is 0 Å². The van der Waals surface area contributed by atoms with Crippen molar-refractivity contribution in [3.8, 4) is 0 Å². The molecule has 1 aromatic rings. The van der Waals surface area contributed by atoms with Gasteiger partial charge in [-0.3, -0.25) is 19.7 Å². The summed E-state index contributed by atoms with van der Waals surface area (Å²) in [7, 11) is 0. The van der Waals surface area contributed by atoms with Crippen molar-refractivity contribution in [2.45, 2.75) is 25.3 Å². The summed E-state index contributed by atoms with van der Waals surface area (Å²) in [6.45, 7) is 0. The molecule has 1 aliphatic carbocycles. The molecule has 7 nitrogen and oxygen atoms in total. The van der Waals surface area contributed by atoms with E-state index in [1.807, 2.05) is 0 Å². The van der Waals surface area contributed by atoms with E-state index in [0.29, 0.717) is 12.8 Å². The molecule has 1 aliphatic rings. The zero-order valence-corrected chi connectivity index (χ0v) is 10.7. The van der Waals surface area contributed by atoms with Crippen LogP contribution in [0, 0.1) is 16.0 Å². The van der Waals surface area contributed by atoms with Crippen molar-refractivity contribution < 1.29 is 19.6 Å². The Kier molecular flexibility index (Phi) is 3.79. The fourth-order valence-electron chi connectivity index (χ4n) is 2.22. The van der Waals surface area contributed by atoms with E-state index in [2.05, 4.69) is 5.32 Å². The summed E-state index contributed by atoms with van der Waals surface area (Å²) in [4.78, 5) is 33.1.